The number of piperidine rings is 1. The first-order chi connectivity index (χ1) is 8.47. The monoisotopic (exact) mass is 252 g/mol. The predicted molar refractivity (Wildman–Crippen MR) is 74.4 cm³/mol. The molecule has 1 amide bonds. The zero-order valence-corrected chi connectivity index (χ0v) is 12.2. The minimum absolute atomic E-state index is 0.0252. The van der Waals surface area contributed by atoms with E-state index in [4.69, 9.17) is 0 Å². The fraction of sp³-hybridized carbons (Fsp3) is 0.933. The van der Waals surface area contributed by atoms with Gasteiger partial charge in [0, 0.05) is 18.1 Å². The minimum atomic E-state index is 0.0252. The van der Waals surface area contributed by atoms with Crippen LogP contribution in [0, 0.1) is 5.92 Å². The molecule has 3 nitrogen and oxygen atoms in total. The second kappa shape index (κ2) is 5.60. The SMILES string of the molecule is CC(C)(C)NCC(=O)N1CCC[C@H]2CCCC[C@H]21. The van der Waals surface area contributed by atoms with Crippen LogP contribution in [0.5, 0.6) is 0 Å². The van der Waals surface area contributed by atoms with Crippen molar-refractivity contribution in [3.05, 3.63) is 0 Å². The molecule has 1 saturated heterocycles. The van der Waals surface area contributed by atoms with Gasteiger partial charge >= 0.3 is 0 Å². The summed E-state index contributed by atoms with van der Waals surface area (Å²) < 4.78 is 0. The van der Waals surface area contributed by atoms with Crippen molar-refractivity contribution < 1.29 is 4.79 Å². The van der Waals surface area contributed by atoms with Gasteiger partial charge in [-0.05, 0) is 52.4 Å². The Hall–Kier alpha value is -0.570. The van der Waals surface area contributed by atoms with Gasteiger partial charge in [-0.3, -0.25) is 4.79 Å². The summed E-state index contributed by atoms with van der Waals surface area (Å²) in [6.07, 6.45) is 7.76. The lowest BCUT2D eigenvalue weighted by Gasteiger charge is -2.44. The molecular weight excluding hydrogens is 224 g/mol. The summed E-state index contributed by atoms with van der Waals surface area (Å²) in [6, 6.07) is 0.543. The third kappa shape index (κ3) is 3.47. The Labute approximate surface area is 111 Å². The molecule has 0 bridgehead atoms. The Morgan fingerprint density at radius 1 is 1.17 bits per heavy atom. The van der Waals surface area contributed by atoms with Gasteiger partial charge in [-0.25, -0.2) is 0 Å². The first-order valence-corrected chi connectivity index (χ1v) is 7.52. The van der Waals surface area contributed by atoms with E-state index >= 15 is 0 Å². The van der Waals surface area contributed by atoms with Gasteiger partial charge in [-0.2, -0.15) is 0 Å². The number of hydrogen-bond acceptors (Lipinski definition) is 2. The smallest absolute Gasteiger partial charge is 0.236 e. The Kier molecular flexibility index (Phi) is 4.31. The van der Waals surface area contributed by atoms with Gasteiger partial charge in [0.05, 0.1) is 6.54 Å². The molecule has 104 valence electrons. The van der Waals surface area contributed by atoms with Gasteiger partial charge in [0.2, 0.25) is 5.91 Å². The van der Waals surface area contributed by atoms with Crippen LogP contribution in [0.1, 0.15) is 59.3 Å². The molecule has 2 fully saturated rings. The first-order valence-electron chi connectivity index (χ1n) is 7.52. The Bertz CT molecular complexity index is 293. The summed E-state index contributed by atoms with van der Waals surface area (Å²) in [5, 5.41) is 3.32. The molecule has 1 aliphatic heterocycles. The van der Waals surface area contributed by atoms with Gasteiger partial charge in [0.15, 0.2) is 0 Å². The predicted octanol–water partition coefficient (Wildman–Crippen LogP) is 2.56. The third-order valence-corrected chi connectivity index (χ3v) is 4.33. The van der Waals surface area contributed by atoms with Crippen molar-refractivity contribution in [3.8, 4) is 0 Å². The third-order valence-electron chi connectivity index (χ3n) is 4.33. The average Bonchev–Trinajstić information content (AvgIpc) is 2.34. The summed E-state index contributed by atoms with van der Waals surface area (Å²) in [4.78, 5) is 14.5. The van der Waals surface area contributed by atoms with Crippen molar-refractivity contribution in [2.75, 3.05) is 13.1 Å². The highest BCUT2D eigenvalue weighted by Gasteiger charge is 2.35. The number of hydrogen-bond donors (Lipinski definition) is 1. The van der Waals surface area contributed by atoms with Crippen LogP contribution in [0.15, 0.2) is 0 Å². The van der Waals surface area contributed by atoms with Crippen LogP contribution in [0.25, 0.3) is 0 Å². The summed E-state index contributed by atoms with van der Waals surface area (Å²) in [7, 11) is 0. The maximum absolute atomic E-state index is 12.4. The van der Waals surface area contributed by atoms with E-state index < -0.39 is 0 Å². The maximum Gasteiger partial charge on any atom is 0.236 e. The van der Waals surface area contributed by atoms with E-state index in [-0.39, 0.29) is 5.54 Å². The highest BCUT2D eigenvalue weighted by atomic mass is 16.2. The highest BCUT2D eigenvalue weighted by Crippen LogP contribution is 2.35. The van der Waals surface area contributed by atoms with Gasteiger partial charge in [0.25, 0.3) is 0 Å². The molecule has 1 aliphatic carbocycles. The van der Waals surface area contributed by atoms with Crippen molar-refractivity contribution in [3.63, 3.8) is 0 Å². The van der Waals surface area contributed by atoms with Crippen molar-refractivity contribution in [2.24, 2.45) is 5.92 Å². The van der Waals surface area contributed by atoms with E-state index in [0.29, 0.717) is 18.5 Å². The normalized spacial score (nSPS) is 28.9. The maximum atomic E-state index is 12.4. The van der Waals surface area contributed by atoms with Crippen molar-refractivity contribution in [1.82, 2.24) is 10.2 Å². The zero-order chi connectivity index (χ0) is 13.2. The molecule has 1 N–H and O–H groups in total. The lowest BCUT2D eigenvalue weighted by molar-refractivity contribution is -0.136. The Morgan fingerprint density at radius 2 is 1.83 bits per heavy atom. The molecule has 2 aliphatic rings. The van der Waals surface area contributed by atoms with Crippen LogP contribution < -0.4 is 5.32 Å². The number of rotatable bonds is 2. The van der Waals surface area contributed by atoms with E-state index in [9.17, 15) is 4.79 Å². The van der Waals surface area contributed by atoms with Crippen LogP contribution in [0.3, 0.4) is 0 Å². The molecule has 2 rings (SSSR count). The number of fused-ring (bicyclic) bond motifs is 1. The zero-order valence-electron chi connectivity index (χ0n) is 12.2. The quantitative estimate of drug-likeness (QED) is 0.819. The van der Waals surface area contributed by atoms with E-state index in [1.165, 1.54) is 38.5 Å². The van der Waals surface area contributed by atoms with E-state index in [1.54, 1.807) is 0 Å². The molecule has 0 aromatic rings. The number of carbonyl (C=O) groups excluding carboxylic acids is 1. The van der Waals surface area contributed by atoms with Gasteiger partial charge in [-0.1, -0.05) is 12.8 Å². The first kappa shape index (κ1) is 13.9. The molecule has 1 heterocycles. The molecule has 0 radical (unpaired) electrons. The molecule has 18 heavy (non-hydrogen) atoms. The minimum Gasteiger partial charge on any atom is -0.338 e. The molecular formula is C15H28N2O. The lowest BCUT2D eigenvalue weighted by Crippen LogP contribution is -2.53. The van der Waals surface area contributed by atoms with Crippen LogP contribution >= 0.6 is 0 Å². The number of nitrogens with one attached hydrogen (secondary N) is 1. The molecule has 0 aromatic carbocycles. The molecule has 0 unspecified atom stereocenters. The van der Waals surface area contributed by atoms with E-state index in [0.717, 1.165) is 12.5 Å². The van der Waals surface area contributed by atoms with Crippen LogP contribution in [0.4, 0.5) is 0 Å². The summed E-state index contributed by atoms with van der Waals surface area (Å²) in [6.45, 7) is 7.80. The van der Waals surface area contributed by atoms with Gasteiger partial charge in [0.1, 0.15) is 0 Å². The molecule has 0 aromatic heterocycles. The average molecular weight is 252 g/mol. The standard InChI is InChI=1S/C15H28N2O/c1-15(2,3)16-11-14(18)17-10-6-8-12-7-4-5-9-13(12)17/h12-13,16H,4-11H2,1-3H3/t12-,13-/m1/s1. The van der Waals surface area contributed by atoms with E-state index in [2.05, 4.69) is 31.0 Å². The van der Waals surface area contributed by atoms with Gasteiger partial charge in [-0.15, -0.1) is 0 Å². The van der Waals surface area contributed by atoms with Crippen LogP contribution in [-0.4, -0.2) is 35.5 Å². The number of amides is 1. The topological polar surface area (TPSA) is 32.3 Å². The Balaban J connectivity index is 1.91. The van der Waals surface area contributed by atoms with Crippen molar-refractivity contribution >= 4 is 5.91 Å². The van der Waals surface area contributed by atoms with E-state index in [1.807, 2.05) is 0 Å². The summed E-state index contributed by atoms with van der Waals surface area (Å²) in [5.41, 5.74) is 0.0252. The second-order valence-corrected chi connectivity index (χ2v) is 6.94. The van der Waals surface area contributed by atoms with Crippen molar-refractivity contribution in [1.29, 1.82) is 0 Å². The lowest BCUT2D eigenvalue weighted by atomic mass is 9.78. The fourth-order valence-electron chi connectivity index (χ4n) is 3.38. The number of carbonyl (C=O) groups is 1. The number of nitrogens with zero attached hydrogens (tertiary/aromatic N) is 1. The Morgan fingerprint density at radius 3 is 2.56 bits per heavy atom. The molecule has 2 atom stereocenters. The molecule has 0 spiro atoms. The summed E-state index contributed by atoms with van der Waals surface area (Å²) >= 11 is 0. The summed E-state index contributed by atoms with van der Waals surface area (Å²) in [5.74, 6) is 1.09. The largest absolute Gasteiger partial charge is 0.338 e. The van der Waals surface area contributed by atoms with Crippen LogP contribution in [0.2, 0.25) is 0 Å². The second-order valence-electron chi connectivity index (χ2n) is 6.94. The molecule has 3 heteroatoms. The fourth-order valence-corrected chi connectivity index (χ4v) is 3.38. The number of likely N-dealkylation sites (tertiary alicyclic amines) is 1. The van der Waals surface area contributed by atoms with Gasteiger partial charge < -0.3 is 10.2 Å². The van der Waals surface area contributed by atoms with Crippen molar-refractivity contribution in [2.45, 2.75) is 70.9 Å². The highest BCUT2D eigenvalue weighted by molar-refractivity contribution is 5.78. The molecule has 1 saturated carbocycles. The van der Waals surface area contributed by atoms with Crippen LogP contribution in [-0.2, 0) is 4.79 Å².